The van der Waals surface area contributed by atoms with Crippen molar-refractivity contribution in [1.29, 1.82) is 0 Å². The minimum absolute atomic E-state index is 0.365. The van der Waals surface area contributed by atoms with E-state index >= 15 is 0 Å². The Morgan fingerprint density at radius 1 is 1.33 bits per heavy atom. The molecule has 2 aromatic rings. The maximum Gasteiger partial charge on any atom is 0.407 e. The number of carbonyl (C=O) groups is 1. The fourth-order valence-corrected chi connectivity index (χ4v) is 3.10. The Hall–Kier alpha value is -1.88. The first-order valence-electron chi connectivity index (χ1n) is 7.08. The summed E-state index contributed by atoms with van der Waals surface area (Å²) in [6, 6.07) is 10.4. The SMILES string of the molecule is CCOC(=O)NCCc1nc(C)c(Cc2ccccc2)s1. The number of nitrogens with one attached hydrogen (secondary N) is 1. The number of rotatable bonds is 6. The standard InChI is InChI=1S/C16H20N2O2S/c1-3-20-16(19)17-10-9-15-18-12(2)14(21-15)11-13-7-5-4-6-8-13/h4-8H,3,9-11H2,1-2H3,(H,17,19). The molecular weight excluding hydrogens is 284 g/mol. The summed E-state index contributed by atoms with van der Waals surface area (Å²) >= 11 is 1.72. The van der Waals surface area contributed by atoms with Gasteiger partial charge in [0.2, 0.25) is 0 Å². The summed E-state index contributed by atoms with van der Waals surface area (Å²) in [4.78, 5) is 17.1. The van der Waals surface area contributed by atoms with E-state index in [0.29, 0.717) is 13.2 Å². The highest BCUT2D eigenvalue weighted by atomic mass is 32.1. The quantitative estimate of drug-likeness (QED) is 0.890. The number of benzene rings is 1. The Labute approximate surface area is 129 Å². The molecule has 1 aromatic heterocycles. The topological polar surface area (TPSA) is 51.2 Å². The van der Waals surface area contributed by atoms with Gasteiger partial charge in [0, 0.05) is 24.3 Å². The molecule has 112 valence electrons. The minimum Gasteiger partial charge on any atom is -0.450 e. The molecule has 2 rings (SSSR count). The van der Waals surface area contributed by atoms with E-state index in [1.54, 1.807) is 18.3 Å². The van der Waals surface area contributed by atoms with Crippen molar-refractivity contribution in [2.75, 3.05) is 13.2 Å². The second kappa shape index (κ2) is 7.78. The van der Waals surface area contributed by atoms with Gasteiger partial charge in [-0.15, -0.1) is 11.3 Å². The highest BCUT2D eigenvalue weighted by molar-refractivity contribution is 7.11. The van der Waals surface area contributed by atoms with Crippen LogP contribution >= 0.6 is 11.3 Å². The largest absolute Gasteiger partial charge is 0.450 e. The van der Waals surface area contributed by atoms with E-state index in [9.17, 15) is 4.79 Å². The molecule has 0 radical (unpaired) electrons. The molecule has 4 nitrogen and oxygen atoms in total. The number of carbonyl (C=O) groups excluding carboxylic acids is 1. The van der Waals surface area contributed by atoms with Crippen LogP contribution < -0.4 is 5.32 Å². The number of aromatic nitrogens is 1. The van der Waals surface area contributed by atoms with Gasteiger partial charge < -0.3 is 10.1 Å². The third kappa shape index (κ3) is 4.86. The number of nitrogens with zero attached hydrogens (tertiary/aromatic N) is 1. The zero-order valence-electron chi connectivity index (χ0n) is 12.4. The number of hydrogen-bond donors (Lipinski definition) is 1. The molecule has 0 atom stereocenters. The van der Waals surface area contributed by atoms with Crippen molar-refractivity contribution in [2.24, 2.45) is 0 Å². The third-order valence-electron chi connectivity index (χ3n) is 3.03. The molecule has 0 aliphatic carbocycles. The summed E-state index contributed by atoms with van der Waals surface area (Å²) in [5.41, 5.74) is 2.37. The van der Waals surface area contributed by atoms with Crippen LogP contribution in [-0.4, -0.2) is 24.2 Å². The fourth-order valence-electron chi connectivity index (χ4n) is 1.99. The van der Waals surface area contributed by atoms with Crippen molar-refractivity contribution in [3.63, 3.8) is 0 Å². The first kappa shape index (κ1) is 15.5. The summed E-state index contributed by atoms with van der Waals surface area (Å²) < 4.78 is 4.82. The zero-order chi connectivity index (χ0) is 15.1. The molecule has 0 aliphatic rings. The first-order valence-corrected chi connectivity index (χ1v) is 7.90. The predicted molar refractivity (Wildman–Crippen MR) is 84.8 cm³/mol. The van der Waals surface area contributed by atoms with Gasteiger partial charge in [-0.3, -0.25) is 0 Å². The van der Waals surface area contributed by atoms with Gasteiger partial charge in [-0.2, -0.15) is 0 Å². The lowest BCUT2D eigenvalue weighted by Gasteiger charge is -2.02. The number of alkyl carbamates (subject to hydrolysis) is 1. The van der Waals surface area contributed by atoms with Crippen molar-refractivity contribution in [1.82, 2.24) is 10.3 Å². The van der Waals surface area contributed by atoms with E-state index in [4.69, 9.17) is 4.74 Å². The van der Waals surface area contributed by atoms with Gasteiger partial charge in [0.05, 0.1) is 17.3 Å². The molecule has 0 saturated heterocycles. The molecule has 1 amide bonds. The molecule has 21 heavy (non-hydrogen) atoms. The summed E-state index contributed by atoms with van der Waals surface area (Å²) in [5.74, 6) is 0. The fraction of sp³-hybridized carbons (Fsp3) is 0.375. The van der Waals surface area contributed by atoms with Gasteiger partial charge >= 0.3 is 6.09 Å². The van der Waals surface area contributed by atoms with E-state index in [0.717, 1.165) is 23.5 Å². The predicted octanol–water partition coefficient (Wildman–Crippen LogP) is 3.33. The highest BCUT2D eigenvalue weighted by Crippen LogP contribution is 2.21. The van der Waals surface area contributed by atoms with Crippen LogP contribution in [0.4, 0.5) is 4.79 Å². The Morgan fingerprint density at radius 3 is 2.81 bits per heavy atom. The van der Waals surface area contributed by atoms with Crippen molar-refractivity contribution >= 4 is 17.4 Å². The molecular formula is C16H20N2O2S. The van der Waals surface area contributed by atoms with E-state index in [1.807, 2.05) is 13.0 Å². The van der Waals surface area contributed by atoms with Crippen LogP contribution in [-0.2, 0) is 17.6 Å². The molecule has 1 N–H and O–H groups in total. The van der Waals surface area contributed by atoms with Gasteiger partial charge in [0.25, 0.3) is 0 Å². The van der Waals surface area contributed by atoms with Crippen LogP contribution in [0.15, 0.2) is 30.3 Å². The van der Waals surface area contributed by atoms with Crippen molar-refractivity contribution < 1.29 is 9.53 Å². The smallest absolute Gasteiger partial charge is 0.407 e. The van der Waals surface area contributed by atoms with E-state index in [-0.39, 0.29) is 6.09 Å². The first-order chi connectivity index (χ1) is 10.2. The Bertz CT molecular complexity index is 581. The van der Waals surface area contributed by atoms with Crippen LogP contribution in [0.3, 0.4) is 0 Å². The molecule has 0 unspecified atom stereocenters. The lowest BCUT2D eigenvalue weighted by Crippen LogP contribution is -2.26. The van der Waals surface area contributed by atoms with Crippen molar-refractivity contribution in [2.45, 2.75) is 26.7 Å². The second-order valence-electron chi connectivity index (χ2n) is 4.68. The van der Waals surface area contributed by atoms with Crippen LogP contribution in [0.1, 0.15) is 28.1 Å². The minimum atomic E-state index is -0.365. The molecule has 0 spiro atoms. The normalized spacial score (nSPS) is 10.4. The maximum absolute atomic E-state index is 11.2. The molecule has 0 aliphatic heterocycles. The Kier molecular flexibility index (Phi) is 5.75. The number of amides is 1. The van der Waals surface area contributed by atoms with Crippen molar-refractivity contribution in [3.05, 3.63) is 51.5 Å². The average molecular weight is 304 g/mol. The summed E-state index contributed by atoms with van der Waals surface area (Å²) in [6.45, 7) is 4.77. The van der Waals surface area contributed by atoms with E-state index in [1.165, 1.54) is 10.4 Å². The van der Waals surface area contributed by atoms with E-state index < -0.39 is 0 Å². The van der Waals surface area contributed by atoms with Crippen LogP contribution in [0.25, 0.3) is 0 Å². The van der Waals surface area contributed by atoms with Crippen LogP contribution in [0, 0.1) is 6.92 Å². The monoisotopic (exact) mass is 304 g/mol. The molecule has 0 saturated carbocycles. The van der Waals surface area contributed by atoms with Gasteiger partial charge in [-0.1, -0.05) is 30.3 Å². The van der Waals surface area contributed by atoms with Gasteiger partial charge in [-0.25, -0.2) is 9.78 Å². The second-order valence-corrected chi connectivity index (χ2v) is 5.84. The van der Waals surface area contributed by atoms with E-state index in [2.05, 4.69) is 34.6 Å². The number of ether oxygens (including phenoxy) is 1. The van der Waals surface area contributed by atoms with Gasteiger partial charge in [-0.05, 0) is 19.4 Å². The number of aryl methyl sites for hydroxylation is 1. The Balaban J connectivity index is 1.88. The maximum atomic E-state index is 11.2. The Morgan fingerprint density at radius 2 is 2.10 bits per heavy atom. The summed E-state index contributed by atoms with van der Waals surface area (Å²) in [7, 11) is 0. The van der Waals surface area contributed by atoms with Gasteiger partial charge in [0.15, 0.2) is 0 Å². The lowest BCUT2D eigenvalue weighted by molar-refractivity contribution is 0.152. The highest BCUT2D eigenvalue weighted by Gasteiger charge is 2.09. The molecule has 1 aromatic carbocycles. The number of hydrogen-bond acceptors (Lipinski definition) is 4. The van der Waals surface area contributed by atoms with Crippen LogP contribution in [0.5, 0.6) is 0 Å². The zero-order valence-corrected chi connectivity index (χ0v) is 13.2. The molecule has 5 heteroatoms. The lowest BCUT2D eigenvalue weighted by atomic mass is 10.1. The summed E-state index contributed by atoms with van der Waals surface area (Å²) in [6.07, 6.45) is 1.28. The molecule has 1 heterocycles. The van der Waals surface area contributed by atoms with Crippen LogP contribution in [0.2, 0.25) is 0 Å². The van der Waals surface area contributed by atoms with Crippen molar-refractivity contribution in [3.8, 4) is 0 Å². The van der Waals surface area contributed by atoms with Gasteiger partial charge in [0.1, 0.15) is 0 Å². The molecule has 0 bridgehead atoms. The molecule has 0 fully saturated rings. The number of thiazole rings is 1. The summed E-state index contributed by atoms with van der Waals surface area (Å²) in [5, 5.41) is 3.77. The third-order valence-corrected chi connectivity index (χ3v) is 4.25. The average Bonchev–Trinajstić information content (AvgIpc) is 2.80.